The number of carbonyl (C=O) groups is 7. The minimum Gasteiger partial charge on any atom is -0.480 e. The number of benzene rings is 1. The fraction of sp³-hybridized carbons (Fsp3) is 0.525. The van der Waals surface area contributed by atoms with Crippen molar-refractivity contribution in [3.63, 3.8) is 0 Å². The Morgan fingerprint density at radius 2 is 1.53 bits per heavy atom. The molecule has 2 rings (SSSR count). The molecule has 55 heavy (non-hydrogen) atoms. The molecule has 0 aromatic heterocycles. The van der Waals surface area contributed by atoms with Gasteiger partial charge in [-0.15, -0.1) is 0 Å². The summed E-state index contributed by atoms with van der Waals surface area (Å²) in [7, 11) is 2.91. The Morgan fingerprint density at radius 1 is 0.909 bits per heavy atom. The molecule has 0 saturated carbocycles. The Morgan fingerprint density at radius 3 is 2.07 bits per heavy atom. The predicted molar refractivity (Wildman–Crippen MR) is 205 cm³/mol. The van der Waals surface area contributed by atoms with E-state index < -0.39 is 89.8 Å². The van der Waals surface area contributed by atoms with Crippen molar-refractivity contribution in [3.05, 3.63) is 71.5 Å². The number of nitrogens with one attached hydrogen (secondary N) is 4. The summed E-state index contributed by atoms with van der Waals surface area (Å²) in [5.41, 5.74) is 1.66. The van der Waals surface area contributed by atoms with Gasteiger partial charge in [-0.25, -0.2) is 9.59 Å². The van der Waals surface area contributed by atoms with E-state index in [1.54, 1.807) is 33.1 Å². The van der Waals surface area contributed by atoms with Gasteiger partial charge in [0.05, 0.1) is 24.0 Å². The molecule has 1 aliphatic heterocycles. The van der Waals surface area contributed by atoms with Gasteiger partial charge in [0, 0.05) is 26.5 Å². The third kappa shape index (κ3) is 13.5. The highest BCUT2D eigenvalue weighted by molar-refractivity contribution is 6.00. The fourth-order valence-corrected chi connectivity index (χ4v) is 6.11. The minimum absolute atomic E-state index is 0.0384. The number of hydrogen-bond acceptors (Lipinski definition) is 8. The molecule has 0 aliphatic carbocycles. The smallest absolute Gasteiger partial charge is 0.327 e. The van der Waals surface area contributed by atoms with Crippen molar-refractivity contribution in [1.82, 2.24) is 26.2 Å². The SMILES string of the molecule is CC=C1C(=O)N[C@@H](C(=O)O)[C@H](C)C(=O)N[C@@H](C(C)C)C(=O)N[C@@H](C=CC(C)=C[C@H](C)[C@H](Cc2ccccc2)OC)[C@H](C)C(=O)N[C@@H](C(=O)O)CCC(=O)N1C. The van der Waals surface area contributed by atoms with Crippen LogP contribution < -0.4 is 21.3 Å². The van der Waals surface area contributed by atoms with Gasteiger partial charge in [0.1, 0.15) is 23.8 Å². The number of likely N-dealkylation sites (N-methyl/N-ethyl adjacent to an activating group) is 1. The van der Waals surface area contributed by atoms with Gasteiger partial charge < -0.3 is 41.1 Å². The number of allylic oxidation sites excluding steroid dienone is 3. The van der Waals surface area contributed by atoms with Crippen molar-refractivity contribution in [2.45, 2.75) is 98.0 Å². The number of ether oxygens (including phenoxy) is 1. The number of rotatable bonds is 10. The number of carboxylic acid groups (broad SMARTS) is 2. The third-order valence-corrected chi connectivity index (χ3v) is 9.74. The van der Waals surface area contributed by atoms with Gasteiger partial charge in [-0.05, 0) is 38.2 Å². The van der Waals surface area contributed by atoms with Crippen LogP contribution in [0.4, 0.5) is 0 Å². The van der Waals surface area contributed by atoms with E-state index in [2.05, 4.69) is 21.3 Å². The molecule has 15 nitrogen and oxygen atoms in total. The molecular weight excluding hydrogens is 710 g/mol. The molecule has 1 saturated heterocycles. The molecular formula is C40H57N5O10. The minimum atomic E-state index is -1.75. The largest absolute Gasteiger partial charge is 0.480 e. The lowest BCUT2D eigenvalue weighted by atomic mass is 9.94. The van der Waals surface area contributed by atoms with Crippen molar-refractivity contribution in [3.8, 4) is 0 Å². The summed E-state index contributed by atoms with van der Waals surface area (Å²) < 4.78 is 5.78. The lowest BCUT2D eigenvalue weighted by Gasteiger charge is -2.29. The number of carboxylic acids is 2. The monoisotopic (exact) mass is 767 g/mol. The van der Waals surface area contributed by atoms with E-state index in [4.69, 9.17) is 4.74 Å². The van der Waals surface area contributed by atoms with Gasteiger partial charge >= 0.3 is 11.9 Å². The first-order valence-corrected chi connectivity index (χ1v) is 18.4. The summed E-state index contributed by atoms with van der Waals surface area (Å²) in [6.45, 7) is 11.4. The molecule has 1 heterocycles. The number of aliphatic carboxylic acids is 2. The van der Waals surface area contributed by atoms with E-state index in [0.29, 0.717) is 6.42 Å². The van der Waals surface area contributed by atoms with Crippen LogP contribution in [0.2, 0.25) is 0 Å². The fourth-order valence-electron chi connectivity index (χ4n) is 6.11. The molecule has 0 bridgehead atoms. The molecule has 302 valence electrons. The van der Waals surface area contributed by atoms with Crippen LogP contribution in [0.15, 0.2) is 65.9 Å². The van der Waals surface area contributed by atoms with Gasteiger partial charge in [-0.2, -0.15) is 0 Å². The number of hydrogen-bond donors (Lipinski definition) is 6. The van der Waals surface area contributed by atoms with E-state index in [1.165, 1.54) is 33.9 Å². The number of amides is 5. The van der Waals surface area contributed by atoms with Crippen molar-refractivity contribution in [2.24, 2.45) is 23.7 Å². The topological polar surface area (TPSA) is 221 Å². The molecule has 6 N–H and O–H groups in total. The van der Waals surface area contributed by atoms with Crippen molar-refractivity contribution < 1.29 is 48.5 Å². The maximum atomic E-state index is 13.9. The molecule has 8 atom stereocenters. The normalized spacial score (nSPS) is 26.3. The van der Waals surface area contributed by atoms with Crippen molar-refractivity contribution in [2.75, 3.05) is 14.2 Å². The first-order chi connectivity index (χ1) is 25.8. The van der Waals surface area contributed by atoms with E-state index >= 15 is 0 Å². The van der Waals surface area contributed by atoms with E-state index in [9.17, 15) is 43.8 Å². The number of nitrogens with zero attached hydrogens (tertiary/aromatic N) is 1. The molecule has 5 amide bonds. The molecule has 0 radical (unpaired) electrons. The summed E-state index contributed by atoms with van der Waals surface area (Å²) in [6.07, 6.45) is 6.37. The highest BCUT2D eigenvalue weighted by Crippen LogP contribution is 2.19. The molecule has 0 spiro atoms. The Hall–Kier alpha value is -5.31. The summed E-state index contributed by atoms with van der Waals surface area (Å²) in [4.78, 5) is 92.8. The summed E-state index contributed by atoms with van der Waals surface area (Å²) in [6, 6.07) is 4.42. The number of methoxy groups -OCH3 is 1. The maximum absolute atomic E-state index is 13.9. The van der Waals surface area contributed by atoms with Crippen LogP contribution in [0.1, 0.15) is 66.9 Å². The Labute approximate surface area is 323 Å². The van der Waals surface area contributed by atoms with Gasteiger partial charge in [0.25, 0.3) is 5.91 Å². The van der Waals surface area contributed by atoms with Crippen LogP contribution in [-0.2, 0) is 44.7 Å². The zero-order chi connectivity index (χ0) is 41.6. The van der Waals surface area contributed by atoms with Crippen molar-refractivity contribution >= 4 is 41.5 Å². The lowest BCUT2D eigenvalue weighted by molar-refractivity contribution is -0.146. The summed E-state index contributed by atoms with van der Waals surface area (Å²) in [5, 5.41) is 30.1. The van der Waals surface area contributed by atoms with Crippen LogP contribution in [0.25, 0.3) is 0 Å². The van der Waals surface area contributed by atoms with Crippen LogP contribution in [0.5, 0.6) is 0 Å². The Balaban J connectivity index is 2.57. The number of carbonyl (C=O) groups excluding carboxylic acids is 5. The van der Waals surface area contributed by atoms with Gasteiger partial charge in [-0.3, -0.25) is 24.0 Å². The molecule has 1 fully saturated rings. The second kappa shape index (κ2) is 21.5. The first kappa shape index (κ1) is 45.8. The Kier molecular flexibility index (Phi) is 18.0. The highest BCUT2D eigenvalue weighted by Gasteiger charge is 2.37. The van der Waals surface area contributed by atoms with Crippen LogP contribution in [-0.4, -0.2) is 101 Å². The Bertz CT molecular complexity index is 1640. The van der Waals surface area contributed by atoms with Crippen molar-refractivity contribution in [1.29, 1.82) is 0 Å². The zero-order valence-electron chi connectivity index (χ0n) is 33.1. The molecule has 1 aliphatic rings. The van der Waals surface area contributed by atoms with Gasteiger partial charge in [0.2, 0.25) is 23.6 Å². The molecule has 1 aromatic rings. The third-order valence-electron chi connectivity index (χ3n) is 9.74. The molecule has 0 unspecified atom stereocenters. The summed E-state index contributed by atoms with van der Waals surface area (Å²) >= 11 is 0. The summed E-state index contributed by atoms with van der Waals surface area (Å²) in [5.74, 6) is -9.82. The average molecular weight is 768 g/mol. The van der Waals surface area contributed by atoms with E-state index in [0.717, 1.165) is 16.0 Å². The second-order valence-corrected chi connectivity index (χ2v) is 14.3. The van der Waals surface area contributed by atoms with Crippen LogP contribution in [0, 0.1) is 23.7 Å². The first-order valence-electron chi connectivity index (χ1n) is 18.4. The van der Waals surface area contributed by atoms with E-state index in [1.807, 2.05) is 50.3 Å². The van der Waals surface area contributed by atoms with Crippen LogP contribution in [0.3, 0.4) is 0 Å². The standard InChI is InChI=1S/C40H57N5O10/c1-10-30-37(49)44-34(40(53)54)26(7)36(48)43-33(22(2)3)38(50)41-28(25(6)35(47)42-29(39(51)52)18-19-32(46)45(30)8)17-16-23(4)20-24(5)31(55-9)21-27-14-12-11-13-15-27/h10-17,20,22,24-26,28-29,31,33-34H,18-19,21H2,1-9H3,(H,41,50)(H,42,47)(H,43,48)(H,44,49)(H,51,52)(H,53,54)/t24-,25-,26-,28-,29+,31-,33-,34+/m0/s1. The second-order valence-electron chi connectivity index (χ2n) is 14.3. The average Bonchev–Trinajstić information content (AvgIpc) is 3.13. The maximum Gasteiger partial charge on any atom is 0.327 e. The van der Waals surface area contributed by atoms with E-state index in [-0.39, 0.29) is 24.1 Å². The van der Waals surface area contributed by atoms with Gasteiger partial charge in [-0.1, -0.05) is 94.8 Å². The van der Waals surface area contributed by atoms with Crippen LogP contribution >= 0.6 is 0 Å². The van der Waals surface area contributed by atoms with Gasteiger partial charge in [0.15, 0.2) is 0 Å². The molecule has 15 heteroatoms. The zero-order valence-corrected chi connectivity index (χ0v) is 33.1. The predicted octanol–water partition coefficient (Wildman–Crippen LogP) is 2.58. The highest BCUT2D eigenvalue weighted by atomic mass is 16.5. The quantitative estimate of drug-likeness (QED) is 0.151. The molecule has 1 aromatic carbocycles. The lowest BCUT2D eigenvalue weighted by Crippen LogP contribution is -2.57.